The van der Waals surface area contributed by atoms with E-state index in [1.807, 2.05) is 18.2 Å². The molecule has 3 N–H and O–H groups in total. The summed E-state index contributed by atoms with van der Waals surface area (Å²) in [4.78, 5) is 23.3. The minimum absolute atomic E-state index is 0.0499. The lowest BCUT2D eigenvalue weighted by atomic mass is 10.1. The topological polar surface area (TPSA) is 96.2 Å². The highest BCUT2D eigenvalue weighted by Gasteiger charge is 2.36. The number of ether oxygens (including phenoxy) is 2. The van der Waals surface area contributed by atoms with Crippen LogP contribution in [0.2, 0.25) is 0 Å². The molecule has 2 aliphatic rings. The zero-order valence-corrected chi connectivity index (χ0v) is 19.8. The Hall–Kier alpha value is -2.78. The van der Waals surface area contributed by atoms with E-state index < -0.39 is 0 Å². The van der Waals surface area contributed by atoms with Crippen LogP contribution in [0.25, 0.3) is 10.9 Å². The molecule has 4 rings (SSSR count). The fraction of sp³-hybridized carbons (Fsp3) is 0.583. The average Bonchev–Trinajstić information content (AvgIpc) is 3.12. The Morgan fingerprint density at radius 2 is 2.03 bits per heavy atom. The number of carbonyl (C=O) groups is 1. The van der Waals surface area contributed by atoms with Gasteiger partial charge in [-0.15, -0.1) is 0 Å². The third kappa shape index (κ3) is 5.09. The molecule has 0 bridgehead atoms. The van der Waals surface area contributed by atoms with Gasteiger partial charge in [0.05, 0.1) is 37.6 Å². The van der Waals surface area contributed by atoms with E-state index >= 15 is 0 Å². The minimum atomic E-state index is -0.0499. The van der Waals surface area contributed by atoms with Crippen LogP contribution < -0.4 is 20.9 Å². The summed E-state index contributed by atoms with van der Waals surface area (Å²) >= 11 is 0. The Kier molecular flexibility index (Phi) is 7.72. The molecule has 9 heteroatoms. The van der Waals surface area contributed by atoms with Gasteiger partial charge in [0.15, 0.2) is 0 Å². The van der Waals surface area contributed by atoms with Crippen molar-refractivity contribution in [1.82, 2.24) is 15.2 Å². The maximum Gasteiger partial charge on any atom is 0.317 e. The molecule has 9 nitrogen and oxygen atoms in total. The van der Waals surface area contributed by atoms with Gasteiger partial charge in [-0.3, -0.25) is 0 Å². The Morgan fingerprint density at radius 1 is 1.24 bits per heavy atom. The van der Waals surface area contributed by atoms with Crippen molar-refractivity contribution in [3.63, 3.8) is 0 Å². The third-order valence-corrected chi connectivity index (χ3v) is 6.43. The molecule has 0 aliphatic carbocycles. The monoisotopic (exact) mass is 456 g/mol. The van der Waals surface area contributed by atoms with E-state index in [1.54, 1.807) is 4.90 Å². The molecule has 1 aromatic heterocycles. The van der Waals surface area contributed by atoms with Crippen molar-refractivity contribution in [2.24, 2.45) is 0 Å². The zero-order chi connectivity index (χ0) is 23.2. The van der Waals surface area contributed by atoms with Crippen LogP contribution in [0.15, 0.2) is 24.3 Å². The molecule has 0 spiro atoms. The summed E-state index contributed by atoms with van der Waals surface area (Å²) in [7, 11) is 2.11. The zero-order valence-electron chi connectivity index (χ0n) is 19.8. The first kappa shape index (κ1) is 23.4. The molecule has 1 unspecified atom stereocenters. The van der Waals surface area contributed by atoms with Gasteiger partial charge in [0, 0.05) is 38.6 Å². The van der Waals surface area contributed by atoms with Crippen molar-refractivity contribution >= 4 is 34.1 Å². The summed E-state index contributed by atoms with van der Waals surface area (Å²) in [5.74, 6) is 0.571. The Labute approximate surface area is 195 Å². The van der Waals surface area contributed by atoms with E-state index in [2.05, 4.69) is 40.1 Å². The number of para-hydroxylation sites is 1. The highest BCUT2D eigenvalue weighted by Crippen LogP contribution is 2.47. The van der Waals surface area contributed by atoms with E-state index in [4.69, 9.17) is 15.2 Å². The average molecular weight is 457 g/mol. The molecule has 3 heterocycles. The summed E-state index contributed by atoms with van der Waals surface area (Å²) in [5.41, 5.74) is 9.47. The molecule has 1 fully saturated rings. The first-order valence-electron chi connectivity index (χ1n) is 12.0. The standard InChI is InChI=1S/C24H36N6O3/c1-3-4-9-20-28(2)22-21(18-7-5-6-8-19(18)27-23(22)25)30(20)13-17-32-14-10-26-24(31)29-11-15-33-16-12-29/h5-8,20H,3-4,9-17H2,1-2H3,(H2,25,27)(H,26,31). The maximum absolute atomic E-state index is 12.2. The van der Waals surface area contributed by atoms with Gasteiger partial charge in [0.1, 0.15) is 17.7 Å². The summed E-state index contributed by atoms with van der Waals surface area (Å²) in [6, 6.07) is 8.12. The molecular formula is C24H36N6O3. The van der Waals surface area contributed by atoms with Crippen LogP contribution in [0, 0.1) is 0 Å². The summed E-state index contributed by atoms with van der Waals surface area (Å²) in [5, 5.41) is 4.05. The number of pyridine rings is 1. The molecule has 1 aromatic carbocycles. The number of nitrogens with two attached hydrogens (primary N) is 1. The number of amides is 2. The first-order valence-corrected chi connectivity index (χ1v) is 12.0. The summed E-state index contributed by atoms with van der Waals surface area (Å²) in [6.45, 7) is 6.98. The van der Waals surface area contributed by atoms with Crippen LogP contribution in [0.4, 0.5) is 22.0 Å². The predicted octanol–water partition coefficient (Wildman–Crippen LogP) is 2.65. The molecular weight excluding hydrogens is 420 g/mol. The minimum Gasteiger partial charge on any atom is -0.382 e. The van der Waals surface area contributed by atoms with Crippen LogP contribution in [-0.4, -0.2) is 81.7 Å². The fourth-order valence-electron chi connectivity index (χ4n) is 4.72. The molecule has 0 saturated carbocycles. The molecule has 2 aliphatic heterocycles. The second kappa shape index (κ2) is 10.9. The van der Waals surface area contributed by atoms with E-state index in [9.17, 15) is 4.79 Å². The lowest BCUT2D eigenvalue weighted by molar-refractivity contribution is 0.0524. The quantitative estimate of drug-likeness (QED) is 0.560. The number of aromatic nitrogens is 1. The van der Waals surface area contributed by atoms with E-state index in [1.165, 1.54) is 0 Å². The lowest BCUT2D eigenvalue weighted by Gasteiger charge is -2.31. The fourth-order valence-corrected chi connectivity index (χ4v) is 4.72. The number of hydrogen-bond acceptors (Lipinski definition) is 7. The van der Waals surface area contributed by atoms with Crippen molar-refractivity contribution in [1.29, 1.82) is 0 Å². The van der Waals surface area contributed by atoms with Crippen molar-refractivity contribution in [2.45, 2.75) is 32.4 Å². The van der Waals surface area contributed by atoms with Gasteiger partial charge in [0.2, 0.25) is 0 Å². The number of hydrogen-bond donors (Lipinski definition) is 2. The highest BCUT2D eigenvalue weighted by atomic mass is 16.5. The molecule has 2 amide bonds. The molecule has 1 saturated heterocycles. The number of rotatable bonds is 9. The van der Waals surface area contributed by atoms with Crippen LogP contribution in [0.1, 0.15) is 26.2 Å². The smallest absolute Gasteiger partial charge is 0.317 e. The number of nitrogen functional groups attached to an aromatic ring is 1. The number of morpholine rings is 1. The van der Waals surface area contributed by atoms with Crippen LogP contribution in [0.3, 0.4) is 0 Å². The number of carbonyl (C=O) groups excluding carboxylic acids is 1. The second-order valence-electron chi connectivity index (χ2n) is 8.58. The Balaban J connectivity index is 1.38. The number of anilines is 3. The first-order chi connectivity index (χ1) is 16.1. The summed E-state index contributed by atoms with van der Waals surface area (Å²) in [6.07, 6.45) is 3.55. The second-order valence-corrected chi connectivity index (χ2v) is 8.58. The van der Waals surface area contributed by atoms with E-state index in [-0.39, 0.29) is 12.2 Å². The molecule has 1 atom stereocenters. The number of nitrogens with zero attached hydrogens (tertiary/aromatic N) is 4. The number of fused-ring (bicyclic) bond motifs is 3. The number of unbranched alkanes of at least 4 members (excludes halogenated alkanes) is 1. The maximum atomic E-state index is 12.2. The van der Waals surface area contributed by atoms with Crippen molar-refractivity contribution in [3.05, 3.63) is 24.3 Å². The molecule has 33 heavy (non-hydrogen) atoms. The Morgan fingerprint density at radius 3 is 2.82 bits per heavy atom. The largest absolute Gasteiger partial charge is 0.382 e. The van der Waals surface area contributed by atoms with Crippen molar-refractivity contribution in [2.75, 3.05) is 75.2 Å². The van der Waals surface area contributed by atoms with Gasteiger partial charge < -0.3 is 35.2 Å². The van der Waals surface area contributed by atoms with E-state index in [0.29, 0.717) is 51.9 Å². The Bertz CT molecular complexity index is 949. The SMILES string of the molecule is CCCCC1N(C)c2c(N)nc3ccccc3c2N1CCOCCNC(=O)N1CCOCC1. The predicted molar refractivity (Wildman–Crippen MR) is 132 cm³/mol. The number of urea groups is 1. The lowest BCUT2D eigenvalue weighted by Crippen LogP contribution is -2.47. The molecule has 180 valence electrons. The van der Waals surface area contributed by atoms with Gasteiger partial charge in [-0.1, -0.05) is 31.5 Å². The van der Waals surface area contributed by atoms with Crippen LogP contribution >= 0.6 is 0 Å². The van der Waals surface area contributed by atoms with Gasteiger partial charge in [-0.05, 0) is 18.9 Å². The normalized spacial score (nSPS) is 18.1. The van der Waals surface area contributed by atoms with Crippen LogP contribution in [-0.2, 0) is 9.47 Å². The van der Waals surface area contributed by atoms with Gasteiger partial charge in [-0.25, -0.2) is 9.78 Å². The third-order valence-electron chi connectivity index (χ3n) is 6.43. The summed E-state index contributed by atoms with van der Waals surface area (Å²) < 4.78 is 11.2. The van der Waals surface area contributed by atoms with Crippen molar-refractivity contribution < 1.29 is 14.3 Å². The van der Waals surface area contributed by atoms with Gasteiger partial charge >= 0.3 is 6.03 Å². The highest BCUT2D eigenvalue weighted by molar-refractivity contribution is 6.04. The number of benzene rings is 1. The van der Waals surface area contributed by atoms with Crippen LogP contribution in [0.5, 0.6) is 0 Å². The molecule has 2 aromatic rings. The van der Waals surface area contributed by atoms with E-state index in [0.717, 1.165) is 48.1 Å². The van der Waals surface area contributed by atoms with Gasteiger partial charge in [-0.2, -0.15) is 0 Å². The number of nitrogens with one attached hydrogen (secondary N) is 1. The van der Waals surface area contributed by atoms with Gasteiger partial charge in [0.25, 0.3) is 0 Å². The molecule has 0 radical (unpaired) electrons. The van der Waals surface area contributed by atoms with Crippen molar-refractivity contribution in [3.8, 4) is 0 Å².